The molecule has 1 fully saturated rings. The van der Waals surface area contributed by atoms with Gasteiger partial charge in [-0.3, -0.25) is 29.9 Å². The van der Waals surface area contributed by atoms with Crippen LogP contribution in [0.5, 0.6) is 0 Å². The normalized spacial score (nSPS) is 22.8. The second-order valence-corrected chi connectivity index (χ2v) is 8.29. The number of nitrogens with zero attached hydrogens (tertiary/aromatic N) is 1. The zero-order chi connectivity index (χ0) is 24.1. The molecule has 0 aromatic heterocycles. The van der Waals surface area contributed by atoms with Crippen molar-refractivity contribution in [2.24, 2.45) is 5.73 Å². The summed E-state index contributed by atoms with van der Waals surface area (Å²) in [6.07, 6.45) is 2.71. The van der Waals surface area contributed by atoms with Crippen molar-refractivity contribution < 1.29 is 24.3 Å². The first kappa shape index (κ1) is 26.4. The largest absolute Gasteiger partial charge is 0.379 e. The predicted molar refractivity (Wildman–Crippen MR) is 122 cm³/mol. The summed E-state index contributed by atoms with van der Waals surface area (Å²) in [5.41, 5.74) is 11.4. The molecule has 0 spiro atoms. The van der Waals surface area contributed by atoms with E-state index < -0.39 is 18.2 Å². The Morgan fingerprint density at radius 1 is 1.06 bits per heavy atom. The zero-order valence-corrected chi connectivity index (χ0v) is 18.9. The van der Waals surface area contributed by atoms with E-state index in [2.05, 4.69) is 16.2 Å². The summed E-state index contributed by atoms with van der Waals surface area (Å²) in [4.78, 5) is 50.2. The van der Waals surface area contributed by atoms with Crippen molar-refractivity contribution in [3.8, 4) is 0 Å². The van der Waals surface area contributed by atoms with Crippen LogP contribution in [-0.2, 0) is 25.6 Å². The predicted octanol–water partition coefficient (Wildman–Crippen LogP) is -0.246. The first-order valence-corrected chi connectivity index (χ1v) is 11.4. The number of hydrogen-bond acceptors (Lipinski definition) is 7. The average molecular weight is 462 g/mol. The van der Waals surface area contributed by atoms with E-state index in [0.29, 0.717) is 38.5 Å². The number of primary amides is 1. The number of amides is 3. The molecular weight excluding hydrogens is 426 g/mol. The summed E-state index contributed by atoms with van der Waals surface area (Å²) in [5.74, 6) is -1.32. The van der Waals surface area contributed by atoms with E-state index in [1.54, 1.807) is 0 Å². The molecular formula is C23H35N5O5. The topological polar surface area (TPSA) is 154 Å². The second-order valence-electron chi connectivity index (χ2n) is 8.29. The molecule has 0 radical (unpaired) electrons. The first-order valence-electron chi connectivity index (χ1n) is 11.4. The van der Waals surface area contributed by atoms with Crippen LogP contribution in [-0.4, -0.2) is 65.4 Å². The molecule has 1 aliphatic heterocycles. The molecule has 1 saturated heterocycles. The number of hydrazine groups is 1. The fourth-order valence-corrected chi connectivity index (χ4v) is 3.72. The Kier molecular flexibility index (Phi) is 11.5. The van der Waals surface area contributed by atoms with Crippen LogP contribution in [0.4, 0.5) is 0 Å². The molecule has 2 rings (SSSR count). The molecule has 6 N–H and O–H groups in total. The van der Waals surface area contributed by atoms with Crippen molar-refractivity contribution in [3.05, 3.63) is 35.9 Å². The number of benzene rings is 1. The number of nitrogens with two attached hydrogens (primary N) is 1. The summed E-state index contributed by atoms with van der Waals surface area (Å²) < 4.78 is 0. The molecule has 33 heavy (non-hydrogen) atoms. The molecule has 182 valence electrons. The lowest BCUT2D eigenvalue weighted by molar-refractivity contribution is -0.138. The lowest BCUT2D eigenvalue weighted by atomic mass is 10.0. The van der Waals surface area contributed by atoms with Crippen LogP contribution in [0.15, 0.2) is 30.3 Å². The Labute approximate surface area is 194 Å². The van der Waals surface area contributed by atoms with Gasteiger partial charge >= 0.3 is 0 Å². The van der Waals surface area contributed by atoms with Crippen LogP contribution in [0.3, 0.4) is 0 Å². The van der Waals surface area contributed by atoms with Gasteiger partial charge in [-0.1, -0.05) is 36.8 Å². The smallest absolute Gasteiger partial charge is 0.240 e. The van der Waals surface area contributed by atoms with Crippen LogP contribution in [0.2, 0.25) is 0 Å². The Balaban J connectivity index is 2.15. The van der Waals surface area contributed by atoms with E-state index in [9.17, 15) is 24.3 Å². The number of aliphatic hydroxyl groups is 1. The van der Waals surface area contributed by atoms with E-state index in [1.165, 1.54) is 4.90 Å². The van der Waals surface area contributed by atoms with Crippen molar-refractivity contribution in [2.45, 2.75) is 63.6 Å². The number of aliphatic hydroxyl groups excluding tert-OH is 1. The van der Waals surface area contributed by atoms with Crippen LogP contribution < -0.4 is 21.9 Å². The Bertz CT molecular complexity index is 789. The van der Waals surface area contributed by atoms with Gasteiger partial charge in [0.1, 0.15) is 12.0 Å². The molecule has 10 nitrogen and oxygen atoms in total. The average Bonchev–Trinajstić information content (AvgIpc) is 2.77. The monoisotopic (exact) mass is 461 g/mol. The summed E-state index contributed by atoms with van der Waals surface area (Å²) in [7, 11) is 0. The van der Waals surface area contributed by atoms with E-state index in [1.807, 2.05) is 30.3 Å². The van der Waals surface area contributed by atoms with Gasteiger partial charge in [0.2, 0.25) is 17.7 Å². The summed E-state index contributed by atoms with van der Waals surface area (Å²) in [6, 6.07) is 8.64. The lowest BCUT2D eigenvalue weighted by Gasteiger charge is -2.29. The number of hydrogen-bond donors (Lipinski definition) is 5. The third-order valence-electron chi connectivity index (χ3n) is 5.41. The van der Waals surface area contributed by atoms with Gasteiger partial charge < -0.3 is 15.7 Å². The molecule has 1 aliphatic rings. The number of carbonyl (C=O) groups is 4. The third-order valence-corrected chi connectivity index (χ3v) is 5.41. The third kappa shape index (κ3) is 10.6. The van der Waals surface area contributed by atoms with Crippen molar-refractivity contribution in [1.29, 1.82) is 0 Å². The van der Waals surface area contributed by atoms with Crippen LogP contribution in [0.25, 0.3) is 0 Å². The molecule has 0 saturated carbocycles. The van der Waals surface area contributed by atoms with Gasteiger partial charge in [-0.05, 0) is 37.7 Å². The summed E-state index contributed by atoms with van der Waals surface area (Å²) >= 11 is 0. The van der Waals surface area contributed by atoms with Crippen LogP contribution in [0.1, 0.15) is 50.5 Å². The van der Waals surface area contributed by atoms with Crippen molar-refractivity contribution >= 4 is 23.5 Å². The van der Waals surface area contributed by atoms with Gasteiger partial charge in [-0.25, -0.2) is 5.43 Å². The minimum atomic E-state index is -0.922. The maximum atomic E-state index is 13.3. The van der Waals surface area contributed by atoms with Gasteiger partial charge in [0.05, 0.1) is 19.1 Å². The summed E-state index contributed by atoms with van der Waals surface area (Å²) in [6.45, 7) is -0.118. The number of nitrogens with one attached hydrogen (secondary N) is 3. The Hall–Kier alpha value is -2.82. The fourth-order valence-electron chi connectivity index (χ4n) is 3.72. The maximum Gasteiger partial charge on any atom is 0.240 e. The highest BCUT2D eigenvalue weighted by Crippen LogP contribution is 2.11. The maximum absolute atomic E-state index is 13.3. The van der Waals surface area contributed by atoms with Gasteiger partial charge in [0, 0.05) is 19.4 Å². The van der Waals surface area contributed by atoms with E-state index >= 15 is 0 Å². The molecule has 0 bridgehead atoms. The fraction of sp³-hybridized carbons (Fsp3) is 0.565. The van der Waals surface area contributed by atoms with Crippen molar-refractivity contribution in [2.75, 3.05) is 19.6 Å². The Morgan fingerprint density at radius 3 is 2.55 bits per heavy atom. The SMILES string of the molecule is NC(=O)CN1CCCC(=O)CNNC(=O)CCCCCC(O)N[C@@H](Cc2ccccc2)C1=O. The zero-order valence-electron chi connectivity index (χ0n) is 18.9. The van der Waals surface area contributed by atoms with Crippen LogP contribution in [0, 0.1) is 0 Å². The Morgan fingerprint density at radius 2 is 1.82 bits per heavy atom. The lowest BCUT2D eigenvalue weighted by Crippen LogP contribution is -2.53. The van der Waals surface area contributed by atoms with Gasteiger partial charge in [-0.15, -0.1) is 0 Å². The minimum Gasteiger partial charge on any atom is -0.379 e. The van der Waals surface area contributed by atoms with Crippen LogP contribution >= 0.6 is 0 Å². The number of Topliss-reactive ketones (excluding diaryl/α,β-unsaturated/α-hetero) is 1. The minimum absolute atomic E-state index is 0.0140. The summed E-state index contributed by atoms with van der Waals surface area (Å²) in [5, 5.41) is 13.5. The van der Waals surface area contributed by atoms with Gasteiger partial charge in [-0.2, -0.15) is 0 Å². The molecule has 1 unspecified atom stereocenters. The highest BCUT2D eigenvalue weighted by atomic mass is 16.3. The quantitative estimate of drug-likeness (QED) is 0.414. The highest BCUT2D eigenvalue weighted by molar-refractivity contribution is 5.87. The molecule has 2 atom stereocenters. The van der Waals surface area contributed by atoms with Crippen molar-refractivity contribution in [1.82, 2.24) is 21.1 Å². The molecule has 1 heterocycles. The van der Waals surface area contributed by atoms with E-state index in [4.69, 9.17) is 5.73 Å². The molecule has 3 amide bonds. The standard InChI is InChI=1S/C23H35N5O5/c24-20(30)16-28-13-7-10-18(29)15-25-27-22(32)12-6-2-5-11-21(31)26-19(23(28)33)14-17-8-3-1-4-9-17/h1,3-4,8-9,19,21,25-26,31H,2,5-7,10-16H2,(H2,24,30)(H,27,32)/t19-,21?/m0/s1. The highest BCUT2D eigenvalue weighted by Gasteiger charge is 2.27. The first-order chi connectivity index (χ1) is 15.8. The molecule has 1 aromatic rings. The number of ketones is 1. The molecule has 10 heteroatoms. The second kappa shape index (κ2) is 14.4. The van der Waals surface area contributed by atoms with Gasteiger partial charge in [0.25, 0.3) is 0 Å². The molecule has 1 aromatic carbocycles. The number of rotatable bonds is 4. The van der Waals surface area contributed by atoms with Gasteiger partial charge in [0.15, 0.2) is 0 Å². The van der Waals surface area contributed by atoms with Crippen molar-refractivity contribution in [3.63, 3.8) is 0 Å². The number of carbonyl (C=O) groups excluding carboxylic acids is 4. The van der Waals surface area contributed by atoms with E-state index in [0.717, 1.165) is 12.0 Å². The molecule has 0 aliphatic carbocycles. The van der Waals surface area contributed by atoms with E-state index in [-0.39, 0.29) is 43.7 Å².